The molecule has 0 spiro atoms. The van der Waals surface area contributed by atoms with Crippen molar-refractivity contribution in [2.24, 2.45) is 5.92 Å². The molecule has 0 aliphatic heterocycles. The number of hydrogen-bond donors (Lipinski definition) is 1. The van der Waals surface area contributed by atoms with E-state index in [1.807, 2.05) is 0 Å². The third-order valence-corrected chi connectivity index (χ3v) is 4.43. The molecule has 2 rings (SSSR count). The van der Waals surface area contributed by atoms with Crippen LogP contribution in [0.5, 0.6) is 5.75 Å². The van der Waals surface area contributed by atoms with Crippen molar-refractivity contribution in [1.82, 2.24) is 5.32 Å². The molecule has 1 aromatic rings. The zero-order valence-corrected chi connectivity index (χ0v) is 13.4. The lowest BCUT2D eigenvalue weighted by Crippen LogP contribution is -2.47. The molecule has 2 heteroatoms. The summed E-state index contributed by atoms with van der Waals surface area (Å²) in [5, 5.41) is 3.60. The highest BCUT2D eigenvalue weighted by molar-refractivity contribution is 5.33. The summed E-state index contributed by atoms with van der Waals surface area (Å²) in [5.74, 6) is 1.85. The van der Waals surface area contributed by atoms with Gasteiger partial charge >= 0.3 is 0 Å². The minimum atomic E-state index is 0.315. The van der Waals surface area contributed by atoms with Crippen LogP contribution in [0.25, 0.3) is 0 Å². The average Bonchev–Trinajstić information content (AvgIpc) is 2.40. The van der Waals surface area contributed by atoms with Crippen LogP contribution in [0.2, 0.25) is 0 Å². The number of likely N-dealkylation sites (N-methyl/N-ethyl adjacent to an activating group) is 1. The third kappa shape index (κ3) is 3.99. The van der Waals surface area contributed by atoms with Gasteiger partial charge in [0.25, 0.3) is 0 Å². The van der Waals surface area contributed by atoms with Crippen molar-refractivity contribution in [3.8, 4) is 5.75 Å². The first kappa shape index (κ1) is 15.4. The van der Waals surface area contributed by atoms with Crippen molar-refractivity contribution in [3.63, 3.8) is 0 Å². The number of ether oxygens (including phenoxy) is 1. The summed E-state index contributed by atoms with van der Waals surface area (Å²) >= 11 is 0. The van der Waals surface area contributed by atoms with Crippen molar-refractivity contribution < 1.29 is 4.74 Å². The Kier molecular flexibility index (Phi) is 5.47. The summed E-state index contributed by atoms with van der Waals surface area (Å²) in [7, 11) is 0. The fraction of sp³-hybridized carbons (Fsp3) is 0.667. The summed E-state index contributed by atoms with van der Waals surface area (Å²) in [4.78, 5) is 0. The Morgan fingerprint density at radius 1 is 1.10 bits per heavy atom. The molecule has 20 heavy (non-hydrogen) atoms. The van der Waals surface area contributed by atoms with E-state index in [2.05, 4.69) is 51.2 Å². The molecule has 1 aromatic carbocycles. The van der Waals surface area contributed by atoms with E-state index in [0.29, 0.717) is 12.1 Å². The topological polar surface area (TPSA) is 21.3 Å². The summed E-state index contributed by atoms with van der Waals surface area (Å²) in [6, 6.07) is 7.02. The second-order valence-corrected chi connectivity index (χ2v) is 6.23. The SMILES string of the molecule is CCNC1CCC(CC)CC1Oc1cc(C)cc(C)c1. The molecule has 1 fully saturated rings. The van der Waals surface area contributed by atoms with Crippen LogP contribution < -0.4 is 10.1 Å². The Hall–Kier alpha value is -1.02. The normalized spacial score (nSPS) is 26.5. The zero-order chi connectivity index (χ0) is 14.5. The second-order valence-electron chi connectivity index (χ2n) is 6.23. The van der Waals surface area contributed by atoms with E-state index in [1.165, 1.54) is 36.8 Å². The maximum Gasteiger partial charge on any atom is 0.120 e. The van der Waals surface area contributed by atoms with Crippen LogP contribution in [0.1, 0.15) is 50.7 Å². The molecule has 112 valence electrons. The fourth-order valence-electron chi connectivity index (χ4n) is 3.38. The molecule has 3 unspecified atom stereocenters. The van der Waals surface area contributed by atoms with Crippen LogP contribution >= 0.6 is 0 Å². The van der Waals surface area contributed by atoms with E-state index in [9.17, 15) is 0 Å². The van der Waals surface area contributed by atoms with Gasteiger partial charge in [-0.15, -0.1) is 0 Å². The van der Waals surface area contributed by atoms with Gasteiger partial charge in [-0.2, -0.15) is 0 Å². The summed E-state index contributed by atoms with van der Waals surface area (Å²) in [6.45, 7) is 9.77. The van der Waals surface area contributed by atoms with E-state index in [0.717, 1.165) is 18.2 Å². The zero-order valence-electron chi connectivity index (χ0n) is 13.4. The van der Waals surface area contributed by atoms with Crippen molar-refractivity contribution in [3.05, 3.63) is 29.3 Å². The molecule has 3 atom stereocenters. The lowest BCUT2D eigenvalue weighted by Gasteiger charge is -2.36. The van der Waals surface area contributed by atoms with Crippen molar-refractivity contribution in [2.75, 3.05) is 6.54 Å². The van der Waals surface area contributed by atoms with Crippen molar-refractivity contribution in [2.45, 2.75) is 65.5 Å². The highest BCUT2D eigenvalue weighted by Crippen LogP contribution is 2.30. The second kappa shape index (κ2) is 7.12. The van der Waals surface area contributed by atoms with E-state index in [1.54, 1.807) is 0 Å². The maximum absolute atomic E-state index is 6.35. The van der Waals surface area contributed by atoms with Crippen LogP contribution in [0, 0.1) is 19.8 Å². The van der Waals surface area contributed by atoms with Crippen LogP contribution in [-0.4, -0.2) is 18.7 Å². The van der Waals surface area contributed by atoms with Gasteiger partial charge in [-0.3, -0.25) is 0 Å². The van der Waals surface area contributed by atoms with Gasteiger partial charge in [0.15, 0.2) is 0 Å². The molecule has 1 aliphatic rings. The lowest BCUT2D eigenvalue weighted by atomic mass is 9.82. The molecular weight excluding hydrogens is 246 g/mol. The van der Waals surface area contributed by atoms with Crippen LogP contribution in [0.3, 0.4) is 0 Å². The maximum atomic E-state index is 6.35. The van der Waals surface area contributed by atoms with Gasteiger partial charge in [0.1, 0.15) is 11.9 Å². The smallest absolute Gasteiger partial charge is 0.120 e. The van der Waals surface area contributed by atoms with E-state index in [-0.39, 0.29) is 0 Å². The first-order valence-corrected chi connectivity index (χ1v) is 8.10. The summed E-state index contributed by atoms with van der Waals surface area (Å²) in [5.41, 5.74) is 2.56. The Morgan fingerprint density at radius 3 is 2.40 bits per heavy atom. The molecule has 0 heterocycles. The molecule has 1 aliphatic carbocycles. The number of nitrogens with one attached hydrogen (secondary N) is 1. The van der Waals surface area contributed by atoms with Gasteiger partial charge in [-0.25, -0.2) is 0 Å². The molecule has 0 saturated heterocycles. The van der Waals surface area contributed by atoms with Crippen LogP contribution in [-0.2, 0) is 0 Å². The highest BCUT2D eigenvalue weighted by Gasteiger charge is 2.30. The van der Waals surface area contributed by atoms with E-state index in [4.69, 9.17) is 4.74 Å². The summed E-state index contributed by atoms with van der Waals surface area (Å²) in [6.07, 6.45) is 5.34. The van der Waals surface area contributed by atoms with Gasteiger partial charge in [0, 0.05) is 6.04 Å². The van der Waals surface area contributed by atoms with Gasteiger partial charge in [-0.05, 0) is 68.8 Å². The Morgan fingerprint density at radius 2 is 1.80 bits per heavy atom. The molecule has 0 radical (unpaired) electrons. The number of aryl methyl sites for hydroxylation is 2. The monoisotopic (exact) mass is 275 g/mol. The quantitative estimate of drug-likeness (QED) is 0.868. The Labute approximate surface area is 123 Å². The minimum absolute atomic E-state index is 0.315. The molecular formula is C18H29NO. The lowest BCUT2D eigenvalue weighted by molar-refractivity contribution is 0.0855. The van der Waals surface area contributed by atoms with Gasteiger partial charge in [0.2, 0.25) is 0 Å². The first-order valence-electron chi connectivity index (χ1n) is 8.10. The predicted octanol–water partition coefficient (Wildman–Crippen LogP) is 4.24. The van der Waals surface area contributed by atoms with Gasteiger partial charge < -0.3 is 10.1 Å². The van der Waals surface area contributed by atoms with E-state index < -0.39 is 0 Å². The Bertz CT molecular complexity index is 409. The number of rotatable bonds is 5. The summed E-state index contributed by atoms with van der Waals surface area (Å²) < 4.78 is 6.35. The number of hydrogen-bond acceptors (Lipinski definition) is 2. The molecule has 0 aromatic heterocycles. The van der Waals surface area contributed by atoms with Crippen LogP contribution in [0.15, 0.2) is 18.2 Å². The minimum Gasteiger partial charge on any atom is -0.489 e. The molecule has 2 nitrogen and oxygen atoms in total. The largest absolute Gasteiger partial charge is 0.489 e. The van der Waals surface area contributed by atoms with Crippen LogP contribution in [0.4, 0.5) is 0 Å². The highest BCUT2D eigenvalue weighted by atomic mass is 16.5. The van der Waals surface area contributed by atoms with Gasteiger partial charge in [0.05, 0.1) is 0 Å². The molecule has 0 bridgehead atoms. The van der Waals surface area contributed by atoms with Crippen molar-refractivity contribution in [1.29, 1.82) is 0 Å². The van der Waals surface area contributed by atoms with E-state index >= 15 is 0 Å². The average molecular weight is 275 g/mol. The van der Waals surface area contributed by atoms with Gasteiger partial charge in [-0.1, -0.05) is 26.3 Å². The molecule has 1 N–H and O–H groups in total. The predicted molar refractivity (Wildman–Crippen MR) is 85.4 cm³/mol. The third-order valence-electron chi connectivity index (χ3n) is 4.43. The fourth-order valence-corrected chi connectivity index (χ4v) is 3.38. The first-order chi connectivity index (χ1) is 9.62. The molecule has 1 saturated carbocycles. The van der Waals surface area contributed by atoms with Crippen molar-refractivity contribution >= 4 is 0 Å². The number of benzene rings is 1. The molecule has 0 amide bonds. The standard InChI is InChI=1S/C18H29NO/c1-5-15-7-8-17(19-6-2)18(12-15)20-16-10-13(3)9-14(4)11-16/h9-11,15,17-19H,5-8,12H2,1-4H3. The Balaban J connectivity index is 2.09.